The highest BCUT2D eigenvalue weighted by Crippen LogP contribution is 2.27. The maximum atomic E-state index is 13.3. The van der Waals surface area contributed by atoms with E-state index >= 15 is 0 Å². The van der Waals surface area contributed by atoms with Crippen molar-refractivity contribution in [3.05, 3.63) is 82.0 Å². The number of rotatable bonds is 7. The minimum absolute atomic E-state index is 0.120. The summed E-state index contributed by atoms with van der Waals surface area (Å²) in [5.41, 5.74) is 4.63. The normalized spacial score (nSPS) is 11.5. The van der Waals surface area contributed by atoms with Gasteiger partial charge in [-0.05, 0) is 49.1 Å². The molecule has 0 aliphatic heterocycles. The smallest absolute Gasteiger partial charge is 0.264 e. The van der Waals surface area contributed by atoms with E-state index in [1.165, 1.54) is 29.7 Å². The number of hydrogen-bond donors (Lipinski definition) is 1. The predicted molar refractivity (Wildman–Crippen MR) is 117 cm³/mol. The highest BCUT2D eigenvalue weighted by molar-refractivity contribution is 7.92. The van der Waals surface area contributed by atoms with Gasteiger partial charge in [0.05, 0.1) is 16.8 Å². The molecule has 8 heteroatoms. The van der Waals surface area contributed by atoms with Crippen molar-refractivity contribution in [2.75, 3.05) is 10.8 Å². The van der Waals surface area contributed by atoms with E-state index in [-0.39, 0.29) is 11.4 Å². The zero-order chi connectivity index (χ0) is 20.9. The van der Waals surface area contributed by atoms with E-state index in [0.717, 1.165) is 20.3 Å². The topological polar surface area (TPSA) is 78.8 Å². The Balaban J connectivity index is 1.89. The number of hydrazone groups is 1. The number of carbonyl (C=O) groups excluding carboxylic acids is 1. The van der Waals surface area contributed by atoms with Gasteiger partial charge in [0, 0.05) is 4.88 Å². The number of anilines is 1. The molecule has 6 nitrogen and oxygen atoms in total. The van der Waals surface area contributed by atoms with E-state index in [0.29, 0.717) is 5.69 Å². The van der Waals surface area contributed by atoms with Gasteiger partial charge in [-0.1, -0.05) is 42.0 Å². The minimum atomic E-state index is -3.93. The zero-order valence-electron chi connectivity index (χ0n) is 16.1. The van der Waals surface area contributed by atoms with Gasteiger partial charge in [0.2, 0.25) is 0 Å². The maximum absolute atomic E-state index is 13.3. The van der Waals surface area contributed by atoms with Gasteiger partial charge in [-0.3, -0.25) is 9.10 Å². The van der Waals surface area contributed by atoms with Gasteiger partial charge in [0.25, 0.3) is 15.9 Å². The van der Waals surface area contributed by atoms with Crippen molar-refractivity contribution in [2.24, 2.45) is 5.10 Å². The number of nitrogens with zero attached hydrogens (tertiary/aromatic N) is 2. The standard InChI is InChI=1S/C21H21N3O3S2/c1-16-10-11-20(17(2)13-16)24(29(26,27)19-8-4-3-5-9-19)15-21(25)23-22-14-18-7-6-12-28-18/h3-14H,15H2,1-2H3,(H,23,25). The average Bonchev–Trinajstić information content (AvgIpc) is 3.21. The first-order valence-corrected chi connectivity index (χ1v) is 11.2. The highest BCUT2D eigenvalue weighted by atomic mass is 32.2. The summed E-state index contributed by atoms with van der Waals surface area (Å²) in [4.78, 5) is 13.5. The molecule has 1 aromatic heterocycles. The second-order valence-corrected chi connectivity index (χ2v) is 9.26. The van der Waals surface area contributed by atoms with Crippen LogP contribution in [0.25, 0.3) is 0 Å². The predicted octanol–water partition coefficient (Wildman–Crippen LogP) is 3.71. The Kier molecular flexibility index (Phi) is 6.46. The molecule has 0 radical (unpaired) electrons. The van der Waals surface area contributed by atoms with Gasteiger partial charge in [-0.2, -0.15) is 5.10 Å². The van der Waals surface area contributed by atoms with E-state index in [9.17, 15) is 13.2 Å². The third kappa shape index (κ3) is 5.10. The first-order valence-electron chi connectivity index (χ1n) is 8.88. The molecule has 150 valence electrons. The molecule has 1 heterocycles. The Morgan fingerprint density at radius 1 is 1.10 bits per heavy atom. The van der Waals surface area contributed by atoms with Gasteiger partial charge in [0.1, 0.15) is 6.54 Å². The van der Waals surface area contributed by atoms with Crippen LogP contribution in [-0.4, -0.2) is 27.1 Å². The average molecular weight is 428 g/mol. The van der Waals surface area contributed by atoms with Gasteiger partial charge in [-0.15, -0.1) is 11.3 Å². The number of thiophene rings is 1. The monoisotopic (exact) mass is 427 g/mol. The molecule has 2 aromatic carbocycles. The molecule has 0 bridgehead atoms. The highest BCUT2D eigenvalue weighted by Gasteiger charge is 2.28. The number of amides is 1. The lowest BCUT2D eigenvalue weighted by molar-refractivity contribution is -0.119. The molecule has 3 aromatic rings. The summed E-state index contributed by atoms with van der Waals surface area (Å²) in [5, 5.41) is 5.82. The molecule has 0 fully saturated rings. The molecule has 0 atom stereocenters. The van der Waals surface area contributed by atoms with Crippen molar-refractivity contribution in [3.8, 4) is 0 Å². The molecule has 1 amide bonds. The third-order valence-electron chi connectivity index (χ3n) is 4.16. The molecule has 3 rings (SSSR count). The van der Waals surface area contributed by atoms with Crippen molar-refractivity contribution in [3.63, 3.8) is 0 Å². The van der Waals surface area contributed by atoms with Crippen LogP contribution in [0, 0.1) is 13.8 Å². The van der Waals surface area contributed by atoms with Gasteiger partial charge < -0.3 is 0 Å². The minimum Gasteiger partial charge on any atom is -0.271 e. The molecule has 0 saturated heterocycles. The number of aryl methyl sites for hydroxylation is 2. The third-order valence-corrected chi connectivity index (χ3v) is 6.74. The van der Waals surface area contributed by atoms with Crippen molar-refractivity contribution in [1.29, 1.82) is 0 Å². The first kappa shape index (κ1) is 20.8. The summed E-state index contributed by atoms with van der Waals surface area (Å²) in [5.74, 6) is -0.530. The molecule has 0 aliphatic rings. The summed E-state index contributed by atoms with van der Waals surface area (Å²) < 4.78 is 27.7. The van der Waals surface area contributed by atoms with E-state index in [4.69, 9.17) is 0 Å². The van der Waals surface area contributed by atoms with E-state index < -0.39 is 15.9 Å². The number of hydrogen-bond acceptors (Lipinski definition) is 5. The molecular formula is C21H21N3O3S2. The van der Waals surface area contributed by atoms with Crippen molar-refractivity contribution in [1.82, 2.24) is 5.43 Å². The summed E-state index contributed by atoms with van der Waals surface area (Å²) in [6.07, 6.45) is 1.52. The number of sulfonamides is 1. The molecule has 29 heavy (non-hydrogen) atoms. The summed E-state index contributed by atoms with van der Waals surface area (Å²) in [7, 11) is -3.93. The largest absolute Gasteiger partial charge is 0.271 e. The fourth-order valence-corrected chi connectivity index (χ4v) is 4.89. The Morgan fingerprint density at radius 2 is 1.86 bits per heavy atom. The number of carbonyl (C=O) groups is 1. The molecule has 1 N–H and O–H groups in total. The Morgan fingerprint density at radius 3 is 2.52 bits per heavy atom. The second kappa shape index (κ2) is 9.02. The summed E-state index contributed by atoms with van der Waals surface area (Å²) in [6.45, 7) is 3.37. The van der Waals surface area contributed by atoms with Crippen LogP contribution in [0.15, 0.2) is 76.0 Å². The van der Waals surface area contributed by atoms with Crippen LogP contribution in [0.4, 0.5) is 5.69 Å². The fraction of sp³-hybridized carbons (Fsp3) is 0.143. The zero-order valence-corrected chi connectivity index (χ0v) is 17.7. The second-order valence-electron chi connectivity index (χ2n) is 6.42. The Bertz CT molecular complexity index is 1110. The lowest BCUT2D eigenvalue weighted by Gasteiger charge is -2.25. The van der Waals surface area contributed by atoms with E-state index in [1.54, 1.807) is 24.3 Å². The Labute approximate surface area is 174 Å². The molecule has 0 spiro atoms. The molecule has 0 saturated carbocycles. The lowest BCUT2D eigenvalue weighted by atomic mass is 10.1. The first-order chi connectivity index (χ1) is 13.9. The lowest BCUT2D eigenvalue weighted by Crippen LogP contribution is -2.40. The van der Waals surface area contributed by atoms with Crippen LogP contribution in [0.5, 0.6) is 0 Å². The molecule has 0 aliphatic carbocycles. The molecule has 0 unspecified atom stereocenters. The van der Waals surface area contributed by atoms with Gasteiger partial charge in [-0.25, -0.2) is 13.8 Å². The van der Waals surface area contributed by atoms with E-state index in [2.05, 4.69) is 10.5 Å². The van der Waals surface area contributed by atoms with Crippen molar-refractivity contribution < 1.29 is 13.2 Å². The van der Waals surface area contributed by atoms with Crippen LogP contribution in [0.1, 0.15) is 16.0 Å². The SMILES string of the molecule is Cc1ccc(N(CC(=O)NN=Cc2cccs2)S(=O)(=O)c2ccccc2)c(C)c1. The van der Waals surface area contributed by atoms with Crippen LogP contribution in [-0.2, 0) is 14.8 Å². The van der Waals surface area contributed by atoms with Crippen LogP contribution < -0.4 is 9.73 Å². The summed E-state index contributed by atoms with van der Waals surface area (Å²) >= 11 is 1.48. The van der Waals surface area contributed by atoms with Crippen LogP contribution in [0.3, 0.4) is 0 Å². The van der Waals surface area contributed by atoms with Crippen LogP contribution in [0.2, 0.25) is 0 Å². The van der Waals surface area contributed by atoms with Gasteiger partial charge >= 0.3 is 0 Å². The number of nitrogens with one attached hydrogen (secondary N) is 1. The Hall–Kier alpha value is -2.97. The van der Waals surface area contributed by atoms with Crippen molar-refractivity contribution >= 4 is 39.2 Å². The summed E-state index contributed by atoms with van der Waals surface area (Å²) in [6, 6.07) is 17.2. The molecular weight excluding hydrogens is 406 g/mol. The quantitative estimate of drug-likeness (QED) is 0.461. The van der Waals surface area contributed by atoms with Crippen LogP contribution >= 0.6 is 11.3 Å². The van der Waals surface area contributed by atoms with E-state index in [1.807, 2.05) is 43.5 Å². The number of benzene rings is 2. The van der Waals surface area contributed by atoms with Crippen molar-refractivity contribution in [2.45, 2.75) is 18.7 Å². The van der Waals surface area contributed by atoms with Gasteiger partial charge in [0.15, 0.2) is 0 Å². The fourth-order valence-electron chi connectivity index (χ4n) is 2.80. The maximum Gasteiger partial charge on any atom is 0.264 e.